The van der Waals surface area contributed by atoms with Crippen molar-refractivity contribution in [3.8, 4) is 5.75 Å². The van der Waals surface area contributed by atoms with E-state index in [4.69, 9.17) is 9.47 Å². The van der Waals surface area contributed by atoms with Gasteiger partial charge >= 0.3 is 12.0 Å². The van der Waals surface area contributed by atoms with Crippen molar-refractivity contribution >= 4 is 17.7 Å². The average Bonchev–Trinajstić information content (AvgIpc) is 3.11. The molecule has 0 saturated heterocycles. The number of anilines is 1. The second kappa shape index (κ2) is 8.32. The zero-order chi connectivity index (χ0) is 19.3. The monoisotopic (exact) mass is 361 g/mol. The van der Waals surface area contributed by atoms with Crippen LogP contribution < -0.4 is 15.4 Å². The van der Waals surface area contributed by atoms with Gasteiger partial charge in [0.25, 0.3) is 0 Å². The van der Waals surface area contributed by atoms with Crippen molar-refractivity contribution < 1.29 is 19.1 Å². The van der Waals surface area contributed by atoms with E-state index < -0.39 is 12.0 Å². The Morgan fingerprint density at radius 3 is 2.54 bits per heavy atom. The summed E-state index contributed by atoms with van der Waals surface area (Å²) in [4.78, 5) is 24.0. The van der Waals surface area contributed by atoms with E-state index in [9.17, 15) is 9.59 Å². The Bertz CT molecular complexity index is 787. The number of hydrogen-bond donors (Lipinski definition) is 2. The van der Waals surface area contributed by atoms with Gasteiger partial charge in [-0.1, -0.05) is 0 Å². The van der Waals surface area contributed by atoms with Gasteiger partial charge in [-0.25, -0.2) is 9.59 Å². The van der Waals surface area contributed by atoms with Crippen LogP contribution in [0.5, 0.6) is 5.75 Å². The van der Waals surface area contributed by atoms with Crippen LogP contribution in [0.4, 0.5) is 10.5 Å². The molecule has 1 unspecified atom stereocenters. The van der Waals surface area contributed by atoms with Crippen LogP contribution in [-0.4, -0.2) is 41.0 Å². The maximum absolute atomic E-state index is 12.4. The van der Waals surface area contributed by atoms with Gasteiger partial charge in [0.1, 0.15) is 12.1 Å². The van der Waals surface area contributed by atoms with Crippen LogP contribution >= 0.6 is 0 Å². The first kappa shape index (κ1) is 19.2. The number of nitrogens with zero attached hydrogens (tertiary/aromatic N) is 3. The minimum Gasteiger partial charge on any atom is -0.495 e. The number of carbonyl (C=O) groups excluding carboxylic acids is 2. The number of aromatic nitrogens is 3. The summed E-state index contributed by atoms with van der Waals surface area (Å²) < 4.78 is 11.8. The van der Waals surface area contributed by atoms with Gasteiger partial charge in [0, 0.05) is 6.04 Å². The van der Waals surface area contributed by atoms with Crippen LogP contribution in [0.15, 0.2) is 24.5 Å². The molecule has 1 heterocycles. The molecule has 0 aliphatic heterocycles. The average molecular weight is 361 g/mol. The van der Waals surface area contributed by atoms with Crippen LogP contribution in [0.2, 0.25) is 0 Å². The lowest BCUT2D eigenvalue weighted by Crippen LogP contribution is -2.33. The molecule has 1 aromatic heterocycles. The summed E-state index contributed by atoms with van der Waals surface area (Å²) in [5, 5.41) is 13.4. The Balaban J connectivity index is 2.14. The molecule has 2 N–H and O–H groups in total. The first-order valence-electron chi connectivity index (χ1n) is 8.10. The minimum atomic E-state index is -0.505. The lowest BCUT2D eigenvalue weighted by Gasteiger charge is -2.18. The Morgan fingerprint density at radius 1 is 1.19 bits per heavy atom. The molecule has 9 heteroatoms. The van der Waals surface area contributed by atoms with Gasteiger partial charge in [0.2, 0.25) is 0 Å². The first-order valence-corrected chi connectivity index (χ1v) is 8.10. The molecule has 2 aromatic rings. The van der Waals surface area contributed by atoms with E-state index in [1.165, 1.54) is 20.3 Å². The molecule has 140 valence electrons. The van der Waals surface area contributed by atoms with E-state index in [2.05, 4.69) is 20.8 Å². The molecule has 0 spiro atoms. The van der Waals surface area contributed by atoms with E-state index in [0.29, 0.717) is 22.8 Å². The summed E-state index contributed by atoms with van der Waals surface area (Å²) in [5.74, 6) is 0.561. The quantitative estimate of drug-likeness (QED) is 0.766. The molecule has 2 amide bonds. The highest BCUT2D eigenvalue weighted by Crippen LogP contribution is 2.26. The Labute approximate surface area is 151 Å². The normalized spacial score (nSPS) is 11.8. The summed E-state index contributed by atoms with van der Waals surface area (Å²) in [6.07, 6.45) is 1.62. The third-order valence-electron chi connectivity index (χ3n) is 3.76. The Kier molecular flexibility index (Phi) is 6.16. The number of benzene rings is 1. The molecular weight excluding hydrogens is 338 g/mol. The van der Waals surface area contributed by atoms with Crippen molar-refractivity contribution in [3.63, 3.8) is 0 Å². The Morgan fingerprint density at radius 2 is 1.92 bits per heavy atom. The number of urea groups is 1. The fourth-order valence-electron chi connectivity index (χ4n) is 2.43. The molecule has 0 radical (unpaired) electrons. The van der Waals surface area contributed by atoms with Gasteiger partial charge < -0.3 is 24.7 Å². The SMILES string of the molecule is COC(=O)c1ccc(OC)c(NC(=O)NC(C)c2nncn2C(C)C)c1. The third-order valence-corrected chi connectivity index (χ3v) is 3.76. The number of ether oxygens (including phenoxy) is 2. The number of nitrogens with one attached hydrogen (secondary N) is 2. The molecule has 0 fully saturated rings. The molecule has 1 aromatic carbocycles. The highest BCUT2D eigenvalue weighted by molar-refractivity contribution is 5.95. The van der Waals surface area contributed by atoms with Gasteiger partial charge in [-0.15, -0.1) is 10.2 Å². The van der Waals surface area contributed by atoms with E-state index in [0.717, 1.165) is 0 Å². The van der Waals surface area contributed by atoms with Crippen LogP contribution in [0.3, 0.4) is 0 Å². The summed E-state index contributed by atoms with van der Waals surface area (Å²) in [6, 6.07) is 3.98. The van der Waals surface area contributed by atoms with Gasteiger partial charge in [-0.3, -0.25) is 0 Å². The lowest BCUT2D eigenvalue weighted by molar-refractivity contribution is 0.0600. The van der Waals surface area contributed by atoms with Crippen LogP contribution in [0.25, 0.3) is 0 Å². The maximum atomic E-state index is 12.4. The zero-order valence-corrected chi connectivity index (χ0v) is 15.4. The third kappa shape index (κ3) is 4.29. The smallest absolute Gasteiger partial charge is 0.337 e. The van der Waals surface area contributed by atoms with Crippen LogP contribution in [0, 0.1) is 0 Å². The molecule has 0 bridgehead atoms. The number of rotatable bonds is 6. The number of methoxy groups -OCH3 is 2. The van der Waals surface area contributed by atoms with Crippen LogP contribution in [-0.2, 0) is 4.74 Å². The molecule has 9 nitrogen and oxygen atoms in total. The Hall–Kier alpha value is -3.10. The van der Waals surface area contributed by atoms with Gasteiger partial charge in [-0.2, -0.15) is 0 Å². The summed E-state index contributed by atoms with van der Waals surface area (Å²) in [5.41, 5.74) is 0.654. The van der Waals surface area contributed by atoms with Gasteiger partial charge in [0.15, 0.2) is 5.82 Å². The van der Waals surface area contributed by atoms with E-state index in [1.54, 1.807) is 18.5 Å². The molecule has 2 rings (SSSR count). The maximum Gasteiger partial charge on any atom is 0.337 e. The predicted octanol–water partition coefficient (Wildman–Crippen LogP) is 2.54. The molecule has 26 heavy (non-hydrogen) atoms. The summed E-state index contributed by atoms with van der Waals surface area (Å²) >= 11 is 0. The second-order valence-electron chi connectivity index (χ2n) is 5.92. The van der Waals surface area contributed by atoms with Crippen molar-refractivity contribution in [1.82, 2.24) is 20.1 Å². The van der Waals surface area contributed by atoms with Gasteiger partial charge in [-0.05, 0) is 39.0 Å². The summed E-state index contributed by atoms with van der Waals surface area (Å²) in [6.45, 7) is 5.82. The zero-order valence-electron chi connectivity index (χ0n) is 15.4. The van der Waals surface area contributed by atoms with E-state index >= 15 is 0 Å². The summed E-state index contributed by atoms with van der Waals surface area (Å²) in [7, 11) is 2.77. The van der Waals surface area contributed by atoms with Crippen molar-refractivity contribution in [1.29, 1.82) is 0 Å². The first-order chi connectivity index (χ1) is 12.4. The number of amides is 2. The molecule has 1 atom stereocenters. The van der Waals surface area contributed by atoms with Gasteiger partial charge in [0.05, 0.1) is 31.5 Å². The molecule has 0 aliphatic rings. The fraction of sp³-hybridized carbons (Fsp3) is 0.412. The second-order valence-corrected chi connectivity index (χ2v) is 5.92. The molecule has 0 aliphatic carbocycles. The topological polar surface area (TPSA) is 107 Å². The fourth-order valence-corrected chi connectivity index (χ4v) is 2.43. The standard InChI is InChI=1S/C17H23N5O4/c1-10(2)22-9-18-21-15(22)11(3)19-17(24)20-13-8-12(16(23)26-5)6-7-14(13)25-4/h6-11H,1-5H3,(H2,19,20,24). The van der Waals surface area contributed by atoms with Crippen molar-refractivity contribution in [3.05, 3.63) is 35.9 Å². The van der Waals surface area contributed by atoms with Crippen LogP contribution in [0.1, 0.15) is 49.0 Å². The number of carbonyl (C=O) groups is 2. The minimum absolute atomic E-state index is 0.171. The lowest BCUT2D eigenvalue weighted by atomic mass is 10.2. The number of esters is 1. The highest BCUT2D eigenvalue weighted by Gasteiger charge is 2.18. The van der Waals surface area contributed by atoms with Crippen molar-refractivity contribution in [2.24, 2.45) is 0 Å². The molecular formula is C17H23N5O4. The largest absolute Gasteiger partial charge is 0.495 e. The van der Waals surface area contributed by atoms with Crippen molar-refractivity contribution in [2.45, 2.75) is 32.9 Å². The highest BCUT2D eigenvalue weighted by atomic mass is 16.5. The van der Waals surface area contributed by atoms with E-state index in [1.807, 2.05) is 25.3 Å². The van der Waals surface area contributed by atoms with Crippen molar-refractivity contribution in [2.75, 3.05) is 19.5 Å². The number of hydrogen-bond acceptors (Lipinski definition) is 6. The molecule has 0 saturated carbocycles. The van der Waals surface area contributed by atoms with E-state index in [-0.39, 0.29) is 12.1 Å². The predicted molar refractivity (Wildman–Crippen MR) is 95.3 cm³/mol.